The molecule has 0 heterocycles. The van der Waals surface area contributed by atoms with Gasteiger partial charge in [0.2, 0.25) is 0 Å². The van der Waals surface area contributed by atoms with Gasteiger partial charge in [-0.15, -0.1) is 0 Å². The van der Waals surface area contributed by atoms with E-state index < -0.39 is 0 Å². The highest BCUT2D eigenvalue weighted by molar-refractivity contribution is 5.84. The highest BCUT2D eigenvalue weighted by atomic mass is 15.2. The lowest BCUT2D eigenvalue weighted by Crippen LogP contribution is -2.31. The van der Waals surface area contributed by atoms with Crippen molar-refractivity contribution in [3.8, 4) is 22.3 Å². The first-order chi connectivity index (χ1) is 37.4. The minimum absolute atomic E-state index is 0.102. The molecule has 5 aliphatic carbocycles. The van der Waals surface area contributed by atoms with Gasteiger partial charge < -0.3 is 9.80 Å². The molecule has 0 spiro atoms. The molecule has 0 aromatic heterocycles. The molecule has 0 amide bonds. The molecule has 76 heavy (non-hydrogen) atoms. The molecule has 7 aromatic carbocycles. The van der Waals surface area contributed by atoms with E-state index in [0.717, 1.165) is 55.6 Å². The maximum Gasteiger partial charge on any atom is 0.0560 e. The number of benzene rings is 7. The second-order valence-electron chi connectivity index (χ2n) is 21.9. The van der Waals surface area contributed by atoms with Gasteiger partial charge in [-0.2, -0.15) is 0 Å². The molecule has 2 heteroatoms. The molecule has 0 fully saturated rings. The minimum atomic E-state index is -0.253. The van der Waals surface area contributed by atoms with Crippen LogP contribution in [0.1, 0.15) is 98.4 Å². The summed E-state index contributed by atoms with van der Waals surface area (Å²) in [5.41, 5.74) is 18.8. The average molecular weight is 985 g/mol. The van der Waals surface area contributed by atoms with Gasteiger partial charge in [0.15, 0.2) is 0 Å². The van der Waals surface area contributed by atoms with Crippen LogP contribution in [-0.2, 0) is 10.8 Å². The molecule has 2 nitrogen and oxygen atoms in total. The van der Waals surface area contributed by atoms with Crippen LogP contribution in [0.15, 0.2) is 273 Å². The third-order valence-corrected chi connectivity index (χ3v) is 16.8. The molecule has 5 aliphatic rings. The Morgan fingerprint density at radius 2 is 1.07 bits per heavy atom. The summed E-state index contributed by atoms with van der Waals surface area (Å²) in [6, 6.07) is 64.2. The summed E-state index contributed by atoms with van der Waals surface area (Å²) >= 11 is 0. The van der Waals surface area contributed by atoms with Crippen LogP contribution in [-0.4, -0.2) is 6.04 Å². The van der Waals surface area contributed by atoms with Gasteiger partial charge in [-0.05, 0) is 167 Å². The molecule has 0 saturated carbocycles. The van der Waals surface area contributed by atoms with E-state index >= 15 is 0 Å². The monoisotopic (exact) mass is 985 g/mol. The minimum Gasteiger partial charge on any atom is -0.334 e. The molecule has 0 bridgehead atoms. The molecule has 7 aromatic rings. The van der Waals surface area contributed by atoms with Crippen molar-refractivity contribution < 1.29 is 0 Å². The molecule has 5 unspecified atom stereocenters. The summed E-state index contributed by atoms with van der Waals surface area (Å²) in [5, 5.41) is 0. The standard InChI is InChI=1S/C74H68N2/c1-73(49-17-7-18-50-73)63-37-47-68(48-38-63)75(64-39-29-58(30-40-64)55-21-9-3-10-22-55)65-45-35-62(36-46-65)72-70(61-27-15-6-16-28-61)53-69(54-71(72)74(2)51-19-8-20-52-74)76(66-41-31-59(32-42-66)56-23-11-4-12-24-56)67-43-33-60(34-44-67)57-25-13-5-14-26-57/h3-17,19-21,23-27,29-43,45-48,51,53-55,61,67H,18,22,28,44,49-50,52H2,1-2H3. The quantitative estimate of drug-likeness (QED) is 0.106. The Balaban J connectivity index is 0.986. The van der Waals surface area contributed by atoms with E-state index in [4.69, 9.17) is 0 Å². The first kappa shape index (κ1) is 48.7. The third kappa shape index (κ3) is 10.1. The molecule has 12 rings (SSSR count). The molecule has 5 atom stereocenters. The normalized spacial score (nSPS) is 22.4. The summed E-state index contributed by atoms with van der Waals surface area (Å²) in [6.07, 6.45) is 46.5. The van der Waals surface area contributed by atoms with Crippen LogP contribution in [0.5, 0.6) is 0 Å². The van der Waals surface area contributed by atoms with E-state index in [0.29, 0.717) is 5.92 Å². The fourth-order valence-electron chi connectivity index (χ4n) is 12.4. The average Bonchev–Trinajstić information content (AvgIpc) is 3.53. The lowest BCUT2D eigenvalue weighted by molar-refractivity contribution is 0.428. The lowest BCUT2D eigenvalue weighted by atomic mass is 9.71. The van der Waals surface area contributed by atoms with Crippen molar-refractivity contribution in [2.24, 2.45) is 0 Å². The predicted octanol–water partition coefficient (Wildman–Crippen LogP) is 20.0. The van der Waals surface area contributed by atoms with Crippen LogP contribution >= 0.6 is 0 Å². The summed E-state index contributed by atoms with van der Waals surface area (Å²) in [5.74, 6) is 0.594. The summed E-state index contributed by atoms with van der Waals surface area (Å²) in [7, 11) is 0. The Hall–Kier alpha value is -8.20. The van der Waals surface area contributed by atoms with Gasteiger partial charge in [0.1, 0.15) is 0 Å². The maximum atomic E-state index is 2.61. The fraction of sp³-hybridized carbons (Fsp3) is 0.189. The van der Waals surface area contributed by atoms with Gasteiger partial charge >= 0.3 is 0 Å². The van der Waals surface area contributed by atoms with Crippen molar-refractivity contribution in [3.63, 3.8) is 0 Å². The van der Waals surface area contributed by atoms with Crippen LogP contribution in [0.4, 0.5) is 28.4 Å². The van der Waals surface area contributed by atoms with E-state index in [9.17, 15) is 0 Å². The highest BCUT2D eigenvalue weighted by Crippen LogP contribution is 2.49. The van der Waals surface area contributed by atoms with Crippen molar-refractivity contribution in [3.05, 3.63) is 301 Å². The van der Waals surface area contributed by atoms with Gasteiger partial charge in [0, 0.05) is 45.7 Å². The second kappa shape index (κ2) is 21.6. The summed E-state index contributed by atoms with van der Waals surface area (Å²) in [6.45, 7) is 4.87. The lowest BCUT2D eigenvalue weighted by Gasteiger charge is -2.38. The van der Waals surface area contributed by atoms with Crippen LogP contribution in [0.25, 0.3) is 27.8 Å². The zero-order valence-electron chi connectivity index (χ0n) is 44.1. The van der Waals surface area contributed by atoms with Gasteiger partial charge in [0.25, 0.3) is 0 Å². The largest absolute Gasteiger partial charge is 0.334 e. The number of rotatable bonds is 13. The molecule has 0 saturated heterocycles. The van der Waals surface area contributed by atoms with Crippen LogP contribution < -0.4 is 9.80 Å². The molecule has 0 aliphatic heterocycles. The molecular formula is C74H68N2. The topological polar surface area (TPSA) is 6.48 Å². The number of nitrogens with zero attached hydrogens (tertiary/aromatic N) is 2. The summed E-state index contributed by atoms with van der Waals surface area (Å²) < 4.78 is 0. The summed E-state index contributed by atoms with van der Waals surface area (Å²) in [4.78, 5) is 5.06. The fourth-order valence-corrected chi connectivity index (χ4v) is 12.4. The van der Waals surface area contributed by atoms with Crippen LogP contribution in [0, 0.1) is 0 Å². The van der Waals surface area contributed by atoms with Crippen molar-refractivity contribution >= 4 is 34.0 Å². The number of allylic oxidation sites excluding steroid dienone is 16. The molecule has 0 N–H and O–H groups in total. The zero-order valence-corrected chi connectivity index (χ0v) is 44.1. The number of hydrogen-bond donors (Lipinski definition) is 0. The van der Waals surface area contributed by atoms with E-state index in [1.807, 2.05) is 0 Å². The molecule has 0 radical (unpaired) electrons. The Bertz CT molecular complexity index is 3450. The number of hydrogen-bond acceptors (Lipinski definition) is 2. The van der Waals surface area contributed by atoms with Crippen LogP contribution in [0.3, 0.4) is 0 Å². The Morgan fingerprint density at radius 1 is 0.461 bits per heavy atom. The van der Waals surface area contributed by atoms with Gasteiger partial charge in [-0.1, -0.05) is 226 Å². The van der Waals surface area contributed by atoms with E-state index in [-0.39, 0.29) is 22.8 Å². The Labute approximate surface area is 452 Å². The van der Waals surface area contributed by atoms with Crippen molar-refractivity contribution in [1.29, 1.82) is 0 Å². The van der Waals surface area contributed by atoms with E-state index in [2.05, 4.69) is 297 Å². The molecule has 374 valence electrons. The van der Waals surface area contributed by atoms with E-state index in [1.54, 1.807) is 0 Å². The Kier molecular flexibility index (Phi) is 13.8. The van der Waals surface area contributed by atoms with Gasteiger partial charge in [0.05, 0.1) is 6.04 Å². The van der Waals surface area contributed by atoms with Crippen molar-refractivity contribution in [2.45, 2.75) is 87.5 Å². The SMILES string of the molecule is CC1(c2cc(N(c3ccc(-c4ccccc4)cc3)C3C=CC(c4ccccc4)=CC3)cc(C3C=CC=CC3)c2-c2ccc(N(c3ccc(C4C=CC=CC4)cc3)c3ccc(C4(C)CC=CCC4)cc3)cc2)C=CC=CC1. The van der Waals surface area contributed by atoms with Crippen molar-refractivity contribution in [1.82, 2.24) is 0 Å². The predicted molar refractivity (Wildman–Crippen MR) is 324 cm³/mol. The first-order valence-corrected chi connectivity index (χ1v) is 27.7. The second-order valence-corrected chi connectivity index (χ2v) is 21.9. The van der Waals surface area contributed by atoms with Gasteiger partial charge in [-0.25, -0.2) is 0 Å². The highest BCUT2D eigenvalue weighted by Gasteiger charge is 2.33. The Morgan fingerprint density at radius 3 is 1.67 bits per heavy atom. The van der Waals surface area contributed by atoms with Crippen molar-refractivity contribution in [2.75, 3.05) is 9.80 Å². The number of anilines is 5. The smallest absolute Gasteiger partial charge is 0.0560 e. The van der Waals surface area contributed by atoms with Crippen LogP contribution in [0.2, 0.25) is 0 Å². The third-order valence-electron chi connectivity index (χ3n) is 16.8. The maximum absolute atomic E-state index is 2.61. The van der Waals surface area contributed by atoms with E-state index in [1.165, 1.54) is 73.4 Å². The molecular weight excluding hydrogens is 917 g/mol. The first-order valence-electron chi connectivity index (χ1n) is 27.7. The van der Waals surface area contributed by atoms with Gasteiger partial charge in [-0.3, -0.25) is 0 Å². The zero-order chi connectivity index (χ0) is 51.3.